The van der Waals surface area contributed by atoms with Crippen LogP contribution >= 0.6 is 11.6 Å². The van der Waals surface area contributed by atoms with Gasteiger partial charge in [0.05, 0.1) is 36.1 Å². The Morgan fingerprint density at radius 2 is 2.03 bits per heavy atom. The predicted molar refractivity (Wildman–Crippen MR) is 138 cm³/mol. The van der Waals surface area contributed by atoms with Gasteiger partial charge in [-0.1, -0.05) is 35.9 Å². The first kappa shape index (κ1) is 22.6. The maximum absolute atomic E-state index is 14.2. The number of aromatic nitrogens is 1. The van der Waals surface area contributed by atoms with Crippen molar-refractivity contribution in [3.63, 3.8) is 0 Å². The number of urea groups is 1. The lowest BCUT2D eigenvalue weighted by Gasteiger charge is -2.39. The second-order valence-electron chi connectivity index (χ2n) is 9.62. The molecule has 4 aromatic rings. The molecule has 7 nitrogen and oxygen atoms in total. The summed E-state index contributed by atoms with van der Waals surface area (Å²) in [5, 5.41) is 18.3. The first-order valence-corrected chi connectivity index (χ1v) is 12.5. The molecule has 0 bridgehead atoms. The van der Waals surface area contributed by atoms with Crippen molar-refractivity contribution >= 4 is 39.9 Å². The van der Waals surface area contributed by atoms with Crippen LogP contribution in [-0.4, -0.2) is 29.3 Å². The predicted octanol–water partition coefficient (Wildman–Crippen LogP) is 5.38. The molecule has 37 heavy (non-hydrogen) atoms. The molecule has 1 saturated heterocycles. The van der Waals surface area contributed by atoms with Gasteiger partial charge in [0.25, 0.3) is 0 Å². The van der Waals surface area contributed by atoms with Gasteiger partial charge in [-0.2, -0.15) is 0 Å². The zero-order chi connectivity index (χ0) is 25.3. The van der Waals surface area contributed by atoms with E-state index in [1.54, 1.807) is 23.2 Å². The van der Waals surface area contributed by atoms with Crippen LogP contribution in [0.25, 0.3) is 10.9 Å². The third kappa shape index (κ3) is 3.37. The van der Waals surface area contributed by atoms with Gasteiger partial charge in [-0.25, -0.2) is 9.18 Å². The van der Waals surface area contributed by atoms with Crippen molar-refractivity contribution < 1.29 is 19.0 Å². The van der Waals surface area contributed by atoms with Crippen LogP contribution in [0.3, 0.4) is 0 Å². The number of amides is 2. The largest absolute Gasteiger partial charge is 0.374 e. The molecule has 0 radical (unpaired) electrons. The molecule has 3 atom stereocenters. The van der Waals surface area contributed by atoms with Crippen LogP contribution < -0.4 is 15.5 Å². The number of rotatable bonds is 2. The smallest absolute Gasteiger partial charge is 0.326 e. The first-order valence-electron chi connectivity index (χ1n) is 12.1. The first-order chi connectivity index (χ1) is 17.9. The number of nitrogens with one attached hydrogen (secondary N) is 2. The van der Waals surface area contributed by atoms with Crippen molar-refractivity contribution in [1.82, 2.24) is 10.3 Å². The molecular weight excluding hydrogens is 495 g/mol. The average molecular weight is 517 g/mol. The Kier molecular flexibility index (Phi) is 5.03. The van der Waals surface area contributed by atoms with Crippen LogP contribution in [0.2, 0.25) is 5.02 Å². The van der Waals surface area contributed by atoms with Crippen LogP contribution in [0.4, 0.5) is 20.6 Å². The van der Waals surface area contributed by atoms with Crippen LogP contribution in [0, 0.1) is 5.82 Å². The number of anilines is 2. The van der Waals surface area contributed by atoms with E-state index in [-0.39, 0.29) is 6.03 Å². The lowest BCUT2D eigenvalue weighted by atomic mass is 9.89. The fourth-order valence-corrected chi connectivity index (χ4v) is 6.08. The Balaban J connectivity index is 1.35. The van der Waals surface area contributed by atoms with E-state index < -0.39 is 23.7 Å². The number of carbonyl (C=O) groups excluding carboxylic acids is 1. The summed E-state index contributed by atoms with van der Waals surface area (Å²) in [6.45, 7) is 1.07. The number of halogens is 2. The average Bonchev–Trinajstić information content (AvgIpc) is 3.42. The summed E-state index contributed by atoms with van der Waals surface area (Å²) in [5.74, 6) is -0.448. The van der Waals surface area contributed by atoms with Crippen molar-refractivity contribution in [2.45, 2.75) is 24.3 Å². The zero-order valence-electron chi connectivity index (χ0n) is 19.5. The molecule has 3 N–H and O–H groups in total. The highest BCUT2D eigenvalue weighted by Crippen LogP contribution is 2.49. The van der Waals surface area contributed by atoms with E-state index >= 15 is 0 Å². The molecule has 3 aromatic carbocycles. The van der Waals surface area contributed by atoms with Crippen molar-refractivity contribution in [1.29, 1.82) is 0 Å². The molecule has 186 valence electrons. The second-order valence-corrected chi connectivity index (χ2v) is 10.0. The lowest BCUT2D eigenvalue weighted by molar-refractivity contribution is -0.141. The summed E-state index contributed by atoms with van der Waals surface area (Å²) in [4.78, 5) is 19.9. The normalized spacial score (nSPS) is 23.7. The number of fused-ring (bicyclic) bond motifs is 5. The molecule has 1 aromatic heterocycles. The van der Waals surface area contributed by atoms with Gasteiger partial charge in [0.15, 0.2) is 0 Å². The number of ether oxygens (including phenoxy) is 1. The number of aliphatic hydroxyl groups excluding tert-OH is 1. The standard InChI is InChI=1S/C28H22ClFN4O3/c29-19-8-7-15(30)12-17(19)25-24-21(13-20-16(4-3-10-31-20)23(24)26(35)33-25)32-27(36)34-14-28(9-11-37-28)18-5-1-2-6-22(18)34/h1-8,10,12-13,25-26,33,35H,9,11,14H2,(H,32,36). The minimum absolute atomic E-state index is 0.331. The van der Waals surface area contributed by atoms with Gasteiger partial charge in [-0.05, 0) is 42.0 Å². The molecule has 3 aliphatic rings. The van der Waals surface area contributed by atoms with Crippen molar-refractivity contribution in [3.8, 4) is 0 Å². The van der Waals surface area contributed by atoms with Crippen LogP contribution in [0.1, 0.15) is 40.9 Å². The van der Waals surface area contributed by atoms with Gasteiger partial charge in [0.2, 0.25) is 0 Å². The van der Waals surface area contributed by atoms with Gasteiger partial charge in [-0.3, -0.25) is 15.2 Å². The molecule has 2 amide bonds. The third-order valence-electron chi connectivity index (χ3n) is 7.62. The minimum atomic E-state index is -1.07. The number of para-hydroxylation sites is 1. The molecule has 1 fully saturated rings. The van der Waals surface area contributed by atoms with Crippen molar-refractivity contribution in [3.05, 3.63) is 100.0 Å². The molecule has 4 heterocycles. The van der Waals surface area contributed by atoms with E-state index in [1.807, 2.05) is 30.3 Å². The topological polar surface area (TPSA) is 86.7 Å². The number of hydrogen-bond acceptors (Lipinski definition) is 5. The quantitative estimate of drug-likeness (QED) is 0.333. The third-order valence-corrected chi connectivity index (χ3v) is 7.96. The van der Waals surface area contributed by atoms with E-state index in [4.69, 9.17) is 16.3 Å². The van der Waals surface area contributed by atoms with E-state index in [0.717, 1.165) is 23.1 Å². The molecule has 7 rings (SSSR count). The number of benzene rings is 3. The number of pyridine rings is 1. The fourth-order valence-electron chi connectivity index (χ4n) is 5.85. The van der Waals surface area contributed by atoms with Crippen LogP contribution in [0.5, 0.6) is 0 Å². The molecule has 9 heteroatoms. The molecular formula is C28H22ClFN4O3. The second kappa shape index (κ2) is 8.22. The summed E-state index contributed by atoms with van der Waals surface area (Å²) in [6, 6.07) is 16.3. The number of carbonyl (C=O) groups is 1. The Morgan fingerprint density at radius 3 is 2.84 bits per heavy atom. The minimum Gasteiger partial charge on any atom is -0.374 e. The zero-order valence-corrected chi connectivity index (χ0v) is 20.3. The summed E-state index contributed by atoms with van der Waals surface area (Å²) in [7, 11) is 0. The SMILES string of the molecule is O=C(Nc1cc2ncccc2c2c1C(c1cc(F)ccc1Cl)NC2O)N1CC2(CCO2)c2ccccc21. The van der Waals surface area contributed by atoms with E-state index in [9.17, 15) is 14.3 Å². The number of aliphatic hydroxyl groups is 1. The summed E-state index contributed by atoms with van der Waals surface area (Å²) in [5.41, 5.74) is 4.07. The van der Waals surface area contributed by atoms with Crippen molar-refractivity contribution in [2.24, 2.45) is 0 Å². The summed E-state index contributed by atoms with van der Waals surface area (Å²) >= 11 is 6.47. The van der Waals surface area contributed by atoms with E-state index in [0.29, 0.717) is 46.1 Å². The van der Waals surface area contributed by atoms with Crippen LogP contribution in [0.15, 0.2) is 66.9 Å². The Labute approximate surface area is 216 Å². The molecule has 0 saturated carbocycles. The highest BCUT2D eigenvalue weighted by molar-refractivity contribution is 6.31. The highest BCUT2D eigenvalue weighted by Gasteiger charge is 2.50. The van der Waals surface area contributed by atoms with Gasteiger partial charge < -0.3 is 15.2 Å². The lowest BCUT2D eigenvalue weighted by Crippen LogP contribution is -2.46. The van der Waals surface area contributed by atoms with Gasteiger partial charge in [-0.15, -0.1) is 0 Å². The van der Waals surface area contributed by atoms with E-state index in [2.05, 4.69) is 15.6 Å². The maximum atomic E-state index is 14.2. The Bertz CT molecular complexity index is 1590. The monoisotopic (exact) mass is 516 g/mol. The molecule has 1 spiro atoms. The summed E-state index contributed by atoms with van der Waals surface area (Å²) in [6.07, 6.45) is 1.44. The van der Waals surface area contributed by atoms with Gasteiger partial charge in [0.1, 0.15) is 17.6 Å². The van der Waals surface area contributed by atoms with Gasteiger partial charge >= 0.3 is 6.03 Å². The number of hydrogen-bond donors (Lipinski definition) is 3. The fraction of sp³-hybridized carbons (Fsp3) is 0.214. The Hall–Kier alpha value is -3.56. The maximum Gasteiger partial charge on any atom is 0.326 e. The van der Waals surface area contributed by atoms with Crippen LogP contribution in [-0.2, 0) is 10.3 Å². The molecule has 3 unspecified atom stereocenters. The summed E-state index contributed by atoms with van der Waals surface area (Å²) < 4.78 is 20.2. The highest BCUT2D eigenvalue weighted by atomic mass is 35.5. The van der Waals surface area contributed by atoms with Gasteiger partial charge in [0, 0.05) is 39.7 Å². The van der Waals surface area contributed by atoms with Crippen molar-refractivity contribution in [2.75, 3.05) is 23.4 Å². The number of nitrogens with zero attached hydrogens (tertiary/aromatic N) is 2. The molecule has 3 aliphatic heterocycles. The van der Waals surface area contributed by atoms with E-state index in [1.165, 1.54) is 18.2 Å². The Morgan fingerprint density at radius 1 is 1.19 bits per heavy atom. The molecule has 0 aliphatic carbocycles.